The van der Waals surface area contributed by atoms with E-state index in [-0.39, 0.29) is 17.6 Å². The lowest BCUT2D eigenvalue weighted by molar-refractivity contribution is -0.120. The molecule has 1 aromatic heterocycles. The molecule has 0 unspecified atom stereocenters. The molecule has 2 heterocycles. The van der Waals surface area contributed by atoms with Crippen LogP contribution in [0.4, 0.5) is 16.0 Å². The average molecular weight is 404 g/mol. The Balaban J connectivity index is 1.44. The van der Waals surface area contributed by atoms with Crippen LogP contribution < -0.4 is 10.2 Å². The molecule has 154 valence electrons. The van der Waals surface area contributed by atoms with Crippen LogP contribution in [0.2, 0.25) is 0 Å². The summed E-state index contributed by atoms with van der Waals surface area (Å²) in [5.41, 5.74) is 4.60. The minimum absolute atomic E-state index is 0.0288. The molecule has 0 bridgehead atoms. The molecule has 1 N–H and O–H groups in total. The van der Waals surface area contributed by atoms with Gasteiger partial charge >= 0.3 is 0 Å². The van der Waals surface area contributed by atoms with Gasteiger partial charge in [-0.3, -0.25) is 4.79 Å². The third kappa shape index (κ3) is 4.64. The maximum absolute atomic E-state index is 13.5. The van der Waals surface area contributed by atoms with Crippen LogP contribution in [0.3, 0.4) is 0 Å². The zero-order valence-electron chi connectivity index (χ0n) is 17.2. The molecule has 0 aliphatic carbocycles. The third-order valence-corrected chi connectivity index (χ3v) is 5.36. The number of amides is 1. The van der Waals surface area contributed by atoms with E-state index >= 15 is 0 Å². The zero-order valence-corrected chi connectivity index (χ0v) is 17.2. The van der Waals surface area contributed by atoms with Crippen molar-refractivity contribution in [3.05, 3.63) is 71.8 Å². The molecule has 3 aromatic rings. The van der Waals surface area contributed by atoms with Gasteiger partial charge in [-0.25, -0.2) is 14.4 Å². The van der Waals surface area contributed by atoms with Crippen molar-refractivity contribution in [2.45, 2.75) is 26.7 Å². The second kappa shape index (κ2) is 8.61. The van der Waals surface area contributed by atoms with E-state index in [1.165, 1.54) is 12.1 Å². The Labute approximate surface area is 176 Å². The van der Waals surface area contributed by atoms with Gasteiger partial charge in [0, 0.05) is 36.7 Å². The van der Waals surface area contributed by atoms with E-state index in [0.717, 1.165) is 47.3 Å². The van der Waals surface area contributed by atoms with Crippen molar-refractivity contribution in [2.24, 2.45) is 5.92 Å². The molecule has 1 atom stereocenters. The van der Waals surface area contributed by atoms with Crippen molar-refractivity contribution in [1.82, 2.24) is 9.97 Å². The fourth-order valence-corrected chi connectivity index (χ4v) is 3.97. The van der Waals surface area contributed by atoms with Gasteiger partial charge in [-0.2, -0.15) is 0 Å². The van der Waals surface area contributed by atoms with E-state index in [2.05, 4.69) is 21.4 Å². The zero-order chi connectivity index (χ0) is 21.1. The number of hydrogen-bond donors (Lipinski definition) is 1. The number of hydrogen-bond acceptors (Lipinski definition) is 4. The fourth-order valence-electron chi connectivity index (χ4n) is 3.97. The molecule has 1 aliphatic rings. The van der Waals surface area contributed by atoms with Gasteiger partial charge in [-0.15, -0.1) is 0 Å². The minimum Gasteiger partial charge on any atom is -0.340 e. The maximum atomic E-state index is 13.5. The molecule has 6 heteroatoms. The minimum atomic E-state index is -0.287. The van der Waals surface area contributed by atoms with Gasteiger partial charge in [-0.05, 0) is 67.6 Å². The highest BCUT2D eigenvalue weighted by Crippen LogP contribution is 2.24. The Morgan fingerprint density at radius 2 is 1.80 bits per heavy atom. The van der Waals surface area contributed by atoms with E-state index in [9.17, 15) is 9.18 Å². The summed E-state index contributed by atoms with van der Waals surface area (Å²) in [6, 6.07) is 12.4. The fraction of sp³-hybridized carbons (Fsp3) is 0.292. The molecule has 2 aromatic carbocycles. The third-order valence-electron chi connectivity index (χ3n) is 5.36. The topological polar surface area (TPSA) is 58.1 Å². The maximum Gasteiger partial charge on any atom is 0.229 e. The van der Waals surface area contributed by atoms with Crippen LogP contribution in [0.25, 0.3) is 11.1 Å². The number of rotatable bonds is 4. The van der Waals surface area contributed by atoms with Gasteiger partial charge in [0.15, 0.2) is 0 Å². The summed E-state index contributed by atoms with van der Waals surface area (Å²) in [6.45, 7) is 5.44. The number of piperidine rings is 1. The van der Waals surface area contributed by atoms with Gasteiger partial charge in [0.1, 0.15) is 5.82 Å². The normalized spacial score (nSPS) is 16.4. The van der Waals surface area contributed by atoms with E-state index < -0.39 is 0 Å². The van der Waals surface area contributed by atoms with Crippen LogP contribution in [-0.2, 0) is 4.79 Å². The summed E-state index contributed by atoms with van der Waals surface area (Å²) in [7, 11) is 0. The molecule has 1 saturated heterocycles. The molecule has 0 saturated carbocycles. The monoisotopic (exact) mass is 404 g/mol. The largest absolute Gasteiger partial charge is 0.340 e. The van der Waals surface area contributed by atoms with Gasteiger partial charge in [0.25, 0.3) is 0 Å². The smallest absolute Gasteiger partial charge is 0.229 e. The molecule has 4 rings (SSSR count). The van der Waals surface area contributed by atoms with Crippen molar-refractivity contribution in [1.29, 1.82) is 0 Å². The highest BCUT2D eigenvalue weighted by atomic mass is 19.1. The van der Waals surface area contributed by atoms with Crippen molar-refractivity contribution in [3.63, 3.8) is 0 Å². The SMILES string of the molecule is Cc1cc(C)cc(NC(=O)[C@@H]2CCCN(c3ncc(-c4cccc(F)c4)cn3)C2)c1. The summed E-state index contributed by atoms with van der Waals surface area (Å²) in [5, 5.41) is 3.06. The highest BCUT2D eigenvalue weighted by Gasteiger charge is 2.27. The van der Waals surface area contributed by atoms with E-state index in [1.807, 2.05) is 36.9 Å². The number of benzene rings is 2. The van der Waals surface area contributed by atoms with Gasteiger partial charge in [0.05, 0.1) is 5.92 Å². The molecule has 1 amide bonds. The van der Waals surface area contributed by atoms with Crippen molar-refractivity contribution < 1.29 is 9.18 Å². The van der Waals surface area contributed by atoms with Crippen LogP contribution in [0.5, 0.6) is 0 Å². The highest BCUT2D eigenvalue weighted by molar-refractivity contribution is 5.93. The quantitative estimate of drug-likeness (QED) is 0.681. The molecule has 30 heavy (non-hydrogen) atoms. The van der Waals surface area contributed by atoms with Crippen molar-refractivity contribution >= 4 is 17.5 Å². The van der Waals surface area contributed by atoms with Crippen LogP contribution >= 0.6 is 0 Å². The number of anilines is 2. The number of aryl methyl sites for hydroxylation is 2. The van der Waals surface area contributed by atoms with Gasteiger partial charge < -0.3 is 10.2 Å². The number of carbonyl (C=O) groups is 1. The first kappa shape index (κ1) is 20.0. The first-order chi connectivity index (χ1) is 14.5. The molecule has 1 fully saturated rings. The second-order valence-corrected chi connectivity index (χ2v) is 7.93. The summed E-state index contributed by atoms with van der Waals surface area (Å²) in [6.07, 6.45) is 5.15. The Morgan fingerprint density at radius 1 is 1.07 bits per heavy atom. The molecule has 1 aliphatic heterocycles. The molecule has 0 spiro atoms. The Hall–Kier alpha value is -3.28. The second-order valence-electron chi connectivity index (χ2n) is 7.93. The predicted molar refractivity (Wildman–Crippen MR) is 117 cm³/mol. The van der Waals surface area contributed by atoms with Gasteiger partial charge in [-0.1, -0.05) is 18.2 Å². The Morgan fingerprint density at radius 3 is 2.50 bits per heavy atom. The van der Waals surface area contributed by atoms with Crippen molar-refractivity contribution in [2.75, 3.05) is 23.3 Å². The standard InChI is InChI=1S/C24H25FN4O/c1-16-9-17(2)11-22(10-16)28-23(30)19-6-4-8-29(15-19)24-26-13-20(14-27-24)18-5-3-7-21(25)12-18/h3,5,7,9-14,19H,4,6,8,15H2,1-2H3,(H,28,30)/t19-/m1/s1. The number of aromatic nitrogens is 2. The first-order valence-corrected chi connectivity index (χ1v) is 10.2. The predicted octanol–water partition coefficient (Wildman–Crippen LogP) is 4.75. The number of nitrogens with zero attached hydrogens (tertiary/aromatic N) is 3. The van der Waals surface area contributed by atoms with E-state index in [1.54, 1.807) is 18.5 Å². The van der Waals surface area contributed by atoms with Crippen LogP contribution in [-0.4, -0.2) is 29.0 Å². The first-order valence-electron chi connectivity index (χ1n) is 10.2. The number of halogens is 1. The summed E-state index contributed by atoms with van der Waals surface area (Å²) in [4.78, 5) is 23.8. The summed E-state index contributed by atoms with van der Waals surface area (Å²) in [5.74, 6) is 0.219. The Kier molecular flexibility index (Phi) is 5.74. The van der Waals surface area contributed by atoms with Gasteiger partial charge in [0.2, 0.25) is 11.9 Å². The molecule has 0 radical (unpaired) electrons. The lowest BCUT2D eigenvalue weighted by Gasteiger charge is -2.32. The van der Waals surface area contributed by atoms with Crippen LogP contribution in [0, 0.1) is 25.6 Å². The lowest BCUT2D eigenvalue weighted by Crippen LogP contribution is -2.41. The van der Waals surface area contributed by atoms with Crippen LogP contribution in [0.15, 0.2) is 54.9 Å². The van der Waals surface area contributed by atoms with E-state index in [0.29, 0.717) is 12.5 Å². The number of nitrogens with one attached hydrogen (secondary N) is 1. The summed E-state index contributed by atoms with van der Waals surface area (Å²) < 4.78 is 13.5. The number of carbonyl (C=O) groups excluding carboxylic acids is 1. The van der Waals surface area contributed by atoms with Crippen molar-refractivity contribution in [3.8, 4) is 11.1 Å². The Bertz CT molecular complexity index is 1030. The molecular weight excluding hydrogens is 379 g/mol. The summed E-state index contributed by atoms with van der Waals surface area (Å²) >= 11 is 0. The average Bonchev–Trinajstić information content (AvgIpc) is 2.73. The van der Waals surface area contributed by atoms with Crippen LogP contribution in [0.1, 0.15) is 24.0 Å². The molecule has 5 nitrogen and oxygen atoms in total. The molecular formula is C24H25FN4O. The van der Waals surface area contributed by atoms with E-state index in [4.69, 9.17) is 0 Å². The lowest BCUT2D eigenvalue weighted by atomic mass is 9.97.